The van der Waals surface area contributed by atoms with Crippen LogP contribution in [0.5, 0.6) is 5.75 Å². The third-order valence-electron chi connectivity index (χ3n) is 3.23. The highest BCUT2D eigenvalue weighted by Gasteiger charge is 2.13. The smallest absolute Gasteiger partial charge is 0.306 e. The summed E-state index contributed by atoms with van der Waals surface area (Å²) >= 11 is 4.63. The van der Waals surface area contributed by atoms with Crippen LogP contribution in [0.4, 0.5) is 5.69 Å². The van der Waals surface area contributed by atoms with Gasteiger partial charge in [0.1, 0.15) is 5.75 Å². The van der Waals surface area contributed by atoms with Crippen LogP contribution in [0.25, 0.3) is 6.08 Å². The van der Waals surface area contributed by atoms with Gasteiger partial charge in [-0.3, -0.25) is 0 Å². The minimum atomic E-state index is -3.60. The first-order valence-electron chi connectivity index (χ1n) is 7.49. The van der Waals surface area contributed by atoms with E-state index in [1.165, 1.54) is 6.07 Å². The second-order valence-corrected chi connectivity index (χ2v) is 7.00. The van der Waals surface area contributed by atoms with Gasteiger partial charge in [0.15, 0.2) is 6.29 Å². The molecule has 0 bridgehead atoms. The van der Waals surface area contributed by atoms with Crippen molar-refractivity contribution in [3.8, 4) is 5.75 Å². The molecule has 0 aromatic heterocycles. The Balaban J connectivity index is 2.02. The average Bonchev–Trinajstić information content (AvgIpc) is 2.53. The normalized spacial score (nSPS) is 18.3. The quantitative estimate of drug-likeness (QED) is 0.417. The molecule has 1 heterocycles. The lowest BCUT2D eigenvalue weighted by Crippen LogP contribution is -2.22. The Hall–Kier alpha value is -1.57. The van der Waals surface area contributed by atoms with E-state index in [2.05, 4.69) is 22.4 Å². The van der Waals surface area contributed by atoms with E-state index in [1.54, 1.807) is 12.1 Å². The molecule has 1 aliphatic heterocycles. The summed E-state index contributed by atoms with van der Waals surface area (Å²) in [6, 6.07) is 4.74. The van der Waals surface area contributed by atoms with Crippen molar-refractivity contribution < 1.29 is 22.1 Å². The summed E-state index contributed by atoms with van der Waals surface area (Å²) in [6.45, 7) is 1.15. The summed E-state index contributed by atoms with van der Waals surface area (Å²) in [5.41, 5.74) is 1.22. The molecule has 24 heavy (non-hydrogen) atoms. The van der Waals surface area contributed by atoms with E-state index in [9.17, 15) is 8.42 Å². The van der Waals surface area contributed by atoms with E-state index in [4.69, 9.17) is 13.7 Å². The third-order valence-corrected chi connectivity index (χ3v) is 3.82. The van der Waals surface area contributed by atoms with Gasteiger partial charge in [-0.25, -0.2) is 0 Å². The van der Waals surface area contributed by atoms with Gasteiger partial charge in [0.2, 0.25) is 0 Å². The zero-order chi connectivity index (χ0) is 17.4. The topological polar surface area (TPSA) is 74.2 Å². The fourth-order valence-electron chi connectivity index (χ4n) is 2.22. The Kier molecular flexibility index (Phi) is 7.08. The lowest BCUT2D eigenvalue weighted by atomic mass is 10.1. The monoisotopic (exact) mass is 369 g/mol. The second-order valence-electron chi connectivity index (χ2n) is 5.24. The molecule has 0 amide bonds. The summed E-state index contributed by atoms with van der Waals surface area (Å²) in [6.07, 6.45) is 7.60. The lowest BCUT2D eigenvalue weighted by Gasteiger charge is -2.21. The summed E-state index contributed by atoms with van der Waals surface area (Å²) in [7, 11) is -3.60. The van der Waals surface area contributed by atoms with E-state index in [1.807, 2.05) is 12.2 Å². The Morgan fingerprint density at radius 1 is 1.46 bits per heavy atom. The summed E-state index contributed by atoms with van der Waals surface area (Å²) in [5, 5.41) is 2.27. The van der Waals surface area contributed by atoms with E-state index in [-0.39, 0.29) is 12.0 Å². The number of hydrogen-bond acceptors (Lipinski definition) is 7. The largest absolute Gasteiger partial charge is 0.383 e. The van der Waals surface area contributed by atoms with Crippen molar-refractivity contribution in [3.05, 3.63) is 29.8 Å². The van der Waals surface area contributed by atoms with Gasteiger partial charge in [0.25, 0.3) is 0 Å². The number of benzene rings is 1. The maximum Gasteiger partial charge on any atom is 0.306 e. The van der Waals surface area contributed by atoms with E-state index >= 15 is 0 Å². The van der Waals surface area contributed by atoms with Gasteiger partial charge in [-0.1, -0.05) is 12.2 Å². The fraction of sp³-hybridized carbons (Fsp3) is 0.438. The number of hydrogen-bond donors (Lipinski definition) is 0. The molecule has 0 spiro atoms. The predicted molar refractivity (Wildman–Crippen MR) is 95.2 cm³/mol. The maximum atomic E-state index is 11.2. The molecule has 1 aromatic carbocycles. The standard InChI is InChI=1S/C16H19NO5S2/c1-24(18,19)22-14-8-7-13(15(11-14)17-12-23)5-4-10-21-16-6-2-3-9-20-16/h4-5,7-8,11,16H,2-3,6,9-10H2,1H3. The zero-order valence-electron chi connectivity index (χ0n) is 13.3. The van der Waals surface area contributed by atoms with Crippen molar-refractivity contribution in [2.24, 2.45) is 4.99 Å². The molecule has 2 rings (SSSR count). The van der Waals surface area contributed by atoms with Crippen molar-refractivity contribution in [1.29, 1.82) is 0 Å². The molecule has 0 aliphatic carbocycles. The number of isothiocyanates is 1. The van der Waals surface area contributed by atoms with Crippen LogP contribution < -0.4 is 4.18 Å². The van der Waals surface area contributed by atoms with Crippen molar-refractivity contribution in [3.63, 3.8) is 0 Å². The van der Waals surface area contributed by atoms with Crippen molar-refractivity contribution >= 4 is 39.3 Å². The minimum Gasteiger partial charge on any atom is -0.383 e. The summed E-state index contributed by atoms with van der Waals surface area (Å²) < 4.78 is 38.3. The molecule has 8 heteroatoms. The lowest BCUT2D eigenvalue weighted by molar-refractivity contribution is -0.155. The molecule has 0 N–H and O–H groups in total. The van der Waals surface area contributed by atoms with Gasteiger partial charge in [-0.2, -0.15) is 13.4 Å². The molecule has 1 aliphatic rings. The number of nitrogens with zero attached hydrogens (tertiary/aromatic N) is 1. The van der Waals surface area contributed by atoms with E-state index in [0.717, 1.165) is 37.7 Å². The van der Waals surface area contributed by atoms with E-state index in [0.29, 0.717) is 12.3 Å². The highest BCUT2D eigenvalue weighted by Crippen LogP contribution is 2.27. The minimum absolute atomic E-state index is 0.146. The second kappa shape index (κ2) is 9.05. The number of rotatable bonds is 7. The van der Waals surface area contributed by atoms with Crippen LogP contribution in [0, 0.1) is 0 Å². The molecule has 1 saturated heterocycles. The first-order chi connectivity index (χ1) is 11.5. The van der Waals surface area contributed by atoms with Crippen molar-refractivity contribution in [1.82, 2.24) is 0 Å². The van der Waals surface area contributed by atoms with Gasteiger partial charge in [0.05, 0.1) is 23.7 Å². The van der Waals surface area contributed by atoms with Crippen LogP contribution in [0.15, 0.2) is 29.3 Å². The molecule has 1 aromatic rings. The summed E-state index contributed by atoms with van der Waals surface area (Å²) in [4.78, 5) is 3.94. The third kappa shape index (κ3) is 6.51. The number of ether oxygens (including phenoxy) is 2. The van der Waals surface area contributed by atoms with Gasteiger partial charge < -0.3 is 13.7 Å². The molecule has 0 saturated carbocycles. The van der Waals surface area contributed by atoms with Gasteiger partial charge in [0, 0.05) is 18.2 Å². The van der Waals surface area contributed by atoms with E-state index < -0.39 is 10.1 Å². The molecular formula is C16H19NO5S2. The summed E-state index contributed by atoms with van der Waals surface area (Å²) in [5.74, 6) is 0.172. The Morgan fingerprint density at radius 3 is 2.96 bits per heavy atom. The first-order valence-corrected chi connectivity index (χ1v) is 9.71. The van der Waals surface area contributed by atoms with Crippen molar-refractivity contribution in [2.75, 3.05) is 19.5 Å². The van der Waals surface area contributed by atoms with Gasteiger partial charge in [-0.15, -0.1) is 0 Å². The van der Waals surface area contributed by atoms with Crippen LogP contribution >= 0.6 is 12.2 Å². The van der Waals surface area contributed by atoms with Gasteiger partial charge >= 0.3 is 10.1 Å². The van der Waals surface area contributed by atoms with Crippen LogP contribution in [0.3, 0.4) is 0 Å². The predicted octanol–water partition coefficient (Wildman–Crippen LogP) is 3.32. The molecule has 130 valence electrons. The van der Waals surface area contributed by atoms with Crippen LogP contribution in [0.1, 0.15) is 24.8 Å². The van der Waals surface area contributed by atoms with Crippen molar-refractivity contribution in [2.45, 2.75) is 25.6 Å². The average molecular weight is 369 g/mol. The highest BCUT2D eigenvalue weighted by atomic mass is 32.2. The zero-order valence-corrected chi connectivity index (χ0v) is 14.9. The molecule has 1 atom stereocenters. The maximum absolute atomic E-state index is 11.2. The Bertz CT molecular complexity index is 733. The molecular weight excluding hydrogens is 350 g/mol. The molecule has 1 fully saturated rings. The first kappa shape index (κ1) is 18.8. The Labute approximate surface area is 147 Å². The van der Waals surface area contributed by atoms with Crippen LogP contribution in [-0.2, 0) is 19.6 Å². The van der Waals surface area contributed by atoms with Gasteiger partial charge in [-0.05, 0) is 43.6 Å². The van der Waals surface area contributed by atoms with Crippen LogP contribution in [0.2, 0.25) is 0 Å². The number of aliphatic imine (C=N–C) groups is 1. The SMILES string of the molecule is CS(=O)(=O)Oc1ccc(C=CCOC2CCCCO2)c(N=C=S)c1. The molecule has 0 radical (unpaired) electrons. The Morgan fingerprint density at radius 2 is 2.29 bits per heavy atom. The highest BCUT2D eigenvalue weighted by molar-refractivity contribution is 7.86. The van der Waals surface area contributed by atoms with Crippen LogP contribution in [-0.4, -0.2) is 39.3 Å². The number of thiocarbonyl (C=S) groups is 1. The fourth-order valence-corrected chi connectivity index (χ4v) is 2.77. The molecule has 6 nitrogen and oxygen atoms in total. The molecule has 1 unspecified atom stereocenters.